The van der Waals surface area contributed by atoms with Crippen LogP contribution < -0.4 is 5.32 Å². The molecule has 1 saturated heterocycles. The molecule has 2 aromatic carbocycles. The fourth-order valence-corrected chi connectivity index (χ4v) is 4.58. The maximum absolute atomic E-state index is 12.7. The van der Waals surface area contributed by atoms with Gasteiger partial charge in [0.05, 0.1) is 18.1 Å². The van der Waals surface area contributed by atoms with E-state index in [1.54, 1.807) is 43.3 Å². The molecule has 0 spiro atoms. The van der Waals surface area contributed by atoms with E-state index in [0.29, 0.717) is 43.3 Å². The Balaban J connectivity index is 1.45. The first-order valence-electron chi connectivity index (χ1n) is 9.83. The Morgan fingerprint density at radius 2 is 1.74 bits per heavy atom. The molecule has 3 aromatic rings. The van der Waals surface area contributed by atoms with Crippen molar-refractivity contribution < 1.29 is 22.5 Å². The molecule has 9 nitrogen and oxygen atoms in total. The molecule has 1 amide bonds. The van der Waals surface area contributed by atoms with E-state index in [9.17, 15) is 13.2 Å². The number of nitrogens with zero attached hydrogens (tertiary/aromatic N) is 3. The number of ether oxygens (including phenoxy) is 1. The lowest BCUT2D eigenvalue weighted by atomic mass is 10.2. The number of amides is 1. The van der Waals surface area contributed by atoms with E-state index in [2.05, 4.69) is 15.5 Å². The van der Waals surface area contributed by atoms with Gasteiger partial charge < -0.3 is 14.6 Å². The summed E-state index contributed by atoms with van der Waals surface area (Å²) in [7, 11) is -3.57. The predicted molar refractivity (Wildman–Crippen MR) is 112 cm³/mol. The van der Waals surface area contributed by atoms with E-state index < -0.39 is 16.1 Å². The van der Waals surface area contributed by atoms with Crippen molar-refractivity contribution in [2.75, 3.05) is 26.3 Å². The largest absolute Gasteiger partial charge is 0.379 e. The number of benzene rings is 2. The molecule has 1 aliphatic rings. The third kappa shape index (κ3) is 4.66. The van der Waals surface area contributed by atoms with Gasteiger partial charge in [-0.1, -0.05) is 23.4 Å². The Morgan fingerprint density at radius 3 is 2.42 bits per heavy atom. The zero-order chi connectivity index (χ0) is 21.8. The van der Waals surface area contributed by atoms with Gasteiger partial charge in [0.25, 0.3) is 5.91 Å². The van der Waals surface area contributed by atoms with Gasteiger partial charge in [0.2, 0.25) is 21.7 Å². The molecule has 0 aliphatic carbocycles. The fraction of sp³-hybridized carbons (Fsp3) is 0.286. The normalized spacial score (nSPS) is 16.0. The second-order valence-corrected chi connectivity index (χ2v) is 9.00. The lowest BCUT2D eigenvalue weighted by molar-refractivity contribution is 0.0730. The van der Waals surface area contributed by atoms with Crippen LogP contribution in [0.3, 0.4) is 0 Å². The van der Waals surface area contributed by atoms with Gasteiger partial charge in [0.15, 0.2) is 0 Å². The standard InChI is InChI=1S/C21H22N4O5S/c1-15(22-20(26)17-5-3-2-4-6-17)21-23-19(24-30-21)16-7-9-18(10-8-16)31(27,28)25-11-13-29-14-12-25/h2-10,15H,11-14H2,1H3,(H,22,26)/t15-/m1/s1. The second-order valence-electron chi connectivity index (χ2n) is 7.06. The average molecular weight is 442 g/mol. The summed E-state index contributed by atoms with van der Waals surface area (Å²) in [4.78, 5) is 16.8. The highest BCUT2D eigenvalue weighted by atomic mass is 32.2. The SMILES string of the molecule is C[C@@H](NC(=O)c1ccccc1)c1nc(-c2ccc(S(=O)(=O)N3CCOCC3)cc2)no1. The van der Waals surface area contributed by atoms with E-state index in [1.165, 1.54) is 16.4 Å². The molecule has 4 rings (SSSR count). The van der Waals surface area contributed by atoms with Crippen LogP contribution in [-0.4, -0.2) is 55.1 Å². The zero-order valence-corrected chi connectivity index (χ0v) is 17.7. The number of hydrogen-bond donors (Lipinski definition) is 1. The van der Waals surface area contributed by atoms with E-state index in [-0.39, 0.29) is 16.7 Å². The maximum atomic E-state index is 12.7. The van der Waals surface area contributed by atoms with Gasteiger partial charge in [0.1, 0.15) is 6.04 Å². The highest BCUT2D eigenvalue weighted by Gasteiger charge is 2.26. The number of carbonyl (C=O) groups is 1. The molecular weight excluding hydrogens is 420 g/mol. The minimum Gasteiger partial charge on any atom is -0.379 e. The van der Waals surface area contributed by atoms with E-state index in [0.717, 1.165) is 0 Å². The summed E-state index contributed by atoms with van der Waals surface area (Å²) >= 11 is 0. The van der Waals surface area contributed by atoms with Crippen molar-refractivity contribution in [3.63, 3.8) is 0 Å². The van der Waals surface area contributed by atoms with Crippen LogP contribution >= 0.6 is 0 Å². The van der Waals surface area contributed by atoms with Gasteiger partial charge >= 0.3 is 0 Å². The van der Waals surface area contributed by atoms with Crippen LogP contribution in [-0.2, 0) is 14.8 Å². The molecule has 1 aromatic heterocycles. The van der Waals surface area contributed by atoms with Crippen molar-refractivity contribution in [1.29, 1.82) is 0 Å². The van der Waals surface area contributed by atoms with Crippen LogP contribution in [0.1, 0.15) is 29.2 Å². The Labute approximate surface area is 180 Å². The van der Waals surface area contributed by atoms with E-state index in [1.807, 2.05) is 6.07 Å². The zero-order valence-electron chi connectivity index (χ0n) is 16.9. The van der Waals surface area contributed by atoms with Crippen LogP contribution in [0.5, 0.6) is 0 Å². The number of carbonyl (C=O) groups excluding carboxylic acids is 1. The Bertz CT molecular complexity index is 1140. The third-order valence-corrected chi connectivity index (χ3v) is 6.83. The van der Waals surface area contributed by atoms with E-state index in [4.69, 9.17) is 9.26 Å². The highest BCUT2D eigenvalue weighted by molar-refractivity contribution is 7.89. The first kappa shape index (κ1) is 21.2. The summed E-state index contributed by atoms with van der Waals surface area (Å²) in [5.74, 6) is 0.320. The molecule has 31 heavy (non-hydrogen) atoms. The van der Waals surface area contributed by atoms with Gasteiger partial charge in [0, 0.05) is 24.2 Å². The Hall–Kier alpha value is -3.08. The average Bonchev–Trinajstić information content (AvgIpc) is 3.31. The van der Waals surface area contributed by atoms with Crippen molar-refractivity contribution >= 4 is 15.9 Å². The summed E-state index contributed by atoms with van der Waals surface area (Å²) in [6, 6.07) is 14.7. The molecule has 1 atom stereocenters. The first-order valence-corrected chi connectivity index (χ1v) is 11.3. The number of hydrogen-bond acceptors (Lipinski definition) is 7. The second kappa shape index (κ2) is 8.96. The molecule has 1 aliphatic heterocycles. The number of rotatable bonds is 6. The Kier molecular flexibility index (Phi) is 6.12. The summed E-state index contributed by atoms with van der Waals surface area (Å²) < 4.78 is 37.4. The summed E-state index contributed by atoms with van der Waals surface area (Å²) in [5.41, 5.74) is 1.14. The van der Waals surface area contributed by atoms with Crippen LogP contribution in [0, 0.1) is 0 Å². The van der Waals surface area contributed by atoms with Crippen molar-refractivity contribution in [3.8, 4) is 11.4 Å². The van der Waals surface area contributed by atoms with Crippen LogP contribution in [0.25, 0.3) is 11.4 Å². The molecule has 1 fully saturated rings. The van der Waals surface area contributed by atoms with Gasteiger partial charge in [-0.05, 0) is 43.3 Å². The molecule has 0 unspecified atom stereocenters. The quantitative estimate of drug-likeness (QED) is 0.623. The monoisotopic (exact) mass is 442 g/mol. The first-order chi connectivity index (χ1) is 14.9. The minimum atomic E-state index is -3.57. The van der Waals surface area contributed by atoms with Crippen LogP contribution in [0.15, 0.2) is 64.0 Å². The molecule has 162 valence electrons. The van der Waals surface area contributed by atoms with Crippen molar-refractivity contribution in [2.45, 2.75) is 17.9 Å². The number of nitrogens with one attached hydrogen (secondary N) is 1. The van der Waals surface area contributed by atoms with Gasteiger partial charge in [-0.15, -0.1) is 0 Å². The van der Waals surface area contributed by atoms with Crippen molar-refractivity contribution in [3.05, 3.63) is 66.1 Å². The minimum absolute atomic E-state index is 0.199. The summed E-state index contributed by atoms with van der Waals surface area (Å²) in [6.45, 7) is 3.20. The topological polar surface area (TPSA) is 115 Å². The van der Waals surface area contributed by atoms with Crippen molar-refractivity contribution in [1.82, 2.24) is 19.8 Å². The molecule has 0 radical (unpaired) electrons. The van der Waals surface area contributed by atoms with Crippen molar-refractivity contribution in [2.24, 2.45) is 0 Å². The lowest BCUT2D eigenvalue weighted by Gasteiger charge is -2.26. The van der Waals surface area contributed by atoms with Gasteiger partial charge in [-0.2, -0.15) is 9.29 Å². The molecule has 2 heterocycles. The molecule has 0 saturated carbocycles. The van der Waals surface area contributed by atoms with Crippen LogP contribution in [0.4, 0.5) is 0 Å². The predicted octanol–water partition coefficient (Wildman–Crippen LogP) is 2.25. The third-order valence-electron chi connectivity index (χ3n) is 4.92. The molecular formula is C21H22N4O5S. The fourth-order valence-electron chi connectivity index (χ4n) is 3.17. The molecule has 10 heteroatoms. The highest BCUT2D eigenvalue weighted by Crippen LogP contribution is 2.23. The van der Waals surface area contributed by atoms with Gasteiger partial charge in [-0.25, -0.2) is 8.42 Å². The summed E-state index contributed by atoms with van der Waals surface area (Å²) in [6.07, 6.45) is 0. The number of sulfonamides is 1. The number of aromatic nitrogens is 2. The molecule has 0 bridgehead atoms. The Morgan fingerprint density at radius 1 is 1.06 bits per heavy atom. The lowest BCUT2D eigenvalue weighted by Crippen LogP contribution is -2.40. The van der Waals surface area contributed by atoms with Gasteiger partial charge in [-0.3, -0.25) is 4.79 Å². The number of morpholine rings is 1. The summed E-state index contributed by atoms with van der Waals surface area (Å²) in [5, 5.41) is 6.77. The van der Waals surface area contributed by atoms with Crippen LogP contribution in [0.2, 0.25) is 0 Å². The maximum Gasteiger partial charge on any atom is 0.251 e. The smallest absolute Gasteiger partial charge is 0.251 e. The van der Waals surface area contributed by atoms with E-state index >= 15 is 0 Å². The molecule has 1 N–H and O–H groups in total.